The van der Waals surface area contributed by atoms with Gasteiger partial charge < -0.3 is 14.6 Å². The number of rotatable bonds is 8. The van der Waals surface area contributed by atoms with Crippen molar-refractivity contribution in [3.8, 4) is 17.2 Å². The van der Waals surface area contributed by atoms with Crippen molar-refractivity contribution in [1.29, 1.82) is 0 Å². The summed E-state index contributed by atoms with van der Waals surface area (Å²) in [6.07, 6.45) is 0. The van der Waals surface area contributed by atoms with E-state index in [1.807, 2.05) is 0 Å². The second-order valence-electron chi connectivity index (χ2n) is 4.67. The second-order valence-corrected chi connectivity index (χ2v) is 4.67. The molecule has 0 amide bonds. The van der Waals surface area contributed by atoms with Gasteiger partial charge in [-0.05, 0) is 36.4 Å². The van der Waals surface area contributed by atoms with Gasteiger partial charge in [0.25, 0.3) is 0 Å². The lowest BCUT2D eigenvalue weighted by molar-refractivity contribution is -0.0386. The van der Waals surface area contributed by atoms with Crippen molar-refractivity contribution in [2.24, 2.45) is 0 Å². The first kappa shape index (κ1) is 18.0. The van der Waals surface area contributed by atoms with Crippen molar-refractivity contribution >= 4 is 0 Å². The molecule has 0 fully saturated rings. The van der Waals surface area contributed by atoms with Gasteiger partial charge in [-0.2, -0.15) is 13.5 Å². The predicted octanol–water partition coefficient (Wildman–Crippen LogP) is 2.01. The molecule has 1 aromatic heterocycles. The monoisotopic (exact) mass is 346 g/mol. The van der Waals surface area contributed by atoms with E-state index >= 15 is 0 Å². The third-order valence-corrected chi connectivity index (χ3v) is 3.14. The molecule has 2 rings (SSSR count). The summed E-state index contributed by atoms with van der Waals surface area (Å²) in [5, 5.41) is 19.5. The van der Waals surface area contributed by atoms with Crippen LogP contribution in [-0.2, 0) is 12.5 Å². The van der Waals surface area contributed by atoms with E-state index in [-0.39, 0.29) is 23.6 Å². The van der Waals surface area contributed by atoms with E-state index in [1.54, 1.807) is 13.8 Å². The predicted molar refractivity (Wildman–Crippen MR) is 77.3 cm³/mol. The van der Waals surface area contributed by atoms with Crippen LogP contribution >= 0.6 is 0 Å². The molecular formula is C14H17F3N4O3. The van der Waals surface area contributed by atoms with Crippen molar-refractivity contribution in [3.63, 3.8) is 0 Å². The van der Waals surface area contributed by atoms with E-state index in [0.29, 0.717) is 17.0 Å². The maximum Gasteiger partial charge on any atom is 0.336 e. The zero-order valence-electron chi connectivity index (χ0n) is 13.2. The van der Waals surface area contributed by atoms with Crippen molar-refractivity contribution in [2.75, 3.05) is 19.9 Å². The Kier molecular flexibility index (Phi) is 5.60. The molecule has 2 aromatic rings. The molecule has 0 radical (unpaired) electrons. The molecule has 10 heteroatoms. The highest BCUT2D eigenvalue weighted by molar-refractivity contribution is 5.57. The van der Waals surface area contributed by atoms with Gasteiger partial charge in [-0.25, -0.2) is 4.39 Å². The van der Waals surface area contributed by atoms with Crippen LogP contribution in [0.25, 0.3) is 5.69 Å². The summed E-state index contributed by atoms with van der Waals surface area (Å²) in [7, 11) is 0. The van der Waals surface area contributed by atoms with Gasteiger partial charge >= 0.3 is 5.92 Å². The van der Waals surface area contributed by atoms with E-state index in [9.17, 15) is 18.3 Å². The topological polar surface area (TPSA) is 82.3 Å². The van der Waals surface area contributed by atoms with Crippen LogP contribution in [-0.4, -0.2) is 45.2 Å². The van der Waals surface area contributed by atoms with E-state index in [0.717, 1.165) is 0 Å². The third-order valence-electron chi connectivity index (χ3n) is 3.14. The first-order valence-corrected chi connectivity index (χ1v) is 7.25. The summed E-state index contributed by atoms with van der Waals surface area (Å²) in [4.78, 5) is 0. The number of aliphatic hydroxyl groups is 1. The smallest absolute Gasteiger partial charge is 0.336 e. The quantitative estimate of drug-likeness (QED) is 0.787. The fourth-order valence-electron chi connectivity index (χ4n) is 2.15. The molecule has 1 N–H and O–H groups in total. The highest BCUT2D eigenvalue weighted by atomic mass is 19.3. The van der Waals surface area contributed by atoms with Gasteiger partial charge in [0.1, 0.15) is 11.4 Å². The minimum Gasteiger partial charge on any atom is -0.493 e. The molecule has 0 atom stereocenters. The normalized spacial score (nSPS) is 11.6. The van der Waals surface area contributed by atoms with Crippen LogP contribution in [0.4, 0.5) is 13.2 Å². The number of aromatic nitrogens is 4. The second kappa shape index (κ2) is 7.47. The first-order valence-electron chi connectivity index (χ1n) is 7.25. The molecule has 0 aliphatic rings. The highest BCUT2D eigenvalue weighted by Crippen LogP contribution is 2.37. The molecule has 0 bridgehead atoms. The summed E-state index contributed by atoms with van der Waals surface area (Å²) < 4.78 is 51.6. The fraction of sp³-hybridized carbons (Fsp3) is 0.500. The minimum atomic E-state index is -3.86. The van der Waals surface area contributed by atoms with Crippen LogP contribution in [0.3, 0.4) is 0 Å². The number of halogens is 3. The van der Waals surface area contributed by atoms with E-state index < -0.39 is 25.0 Å². The minimum absolute atomic E-state index is 0.0532. The molecule has 0 spiro atoms. The lowest BCUT2D eigenvalue weighted by Gasteiger charge is -2.19. The van der Waals surface area contributed by atoms with Gasteiger partial charge in [-0.15, -0.1) is 5.10 Å². The fourth-order valence-corrected chi connectivity index (χ4v) is 2.15. The standard InChI is InChI=1S/C14H17F3N4O3/c1-3-23-11-6-5-10(12(24-4-2)9(11)7-22)21-13(18-19-20-21)14(16,17)8-15/h5-6,22H,3-4,7-8H2,1-2H3. The van der Waals surface area contributed by atoms with Gasteiger partial charge in [-0.3, -0.25) is 0 Å². The van der Waals surface area contributed by atoms with Crippen LogP contribution in [0, 0.1) is 0 Å². The van der Waals surface area contributed by atoms with Gasteiger partial charge in [-0.1, -0.05) is 0 Å². The molecular weight excluding hydrogens is 329 g/mol. The Hall–Kier alpha value is -2.36. The van der Waals surface area contributed by atoms with Crippen LogP contribution < -0.4 is 9.47 Å². The van der Waals surface area contributed by atoms with E-state index in [4.69, 9.17) is 9.47 Å². The molecule has 0 aliphatic carbocycles. The number of hydrogen-bond donors (Lipinski definition) is 1. The summed E-state index contributed by atoms with van der Waals surface area (Å²) in [6, 6.07) is 2.88. The Labute approximate surface area is 136 Å². The summed E-state index contributed by atoms with van der Waals surface area (Å²) in [5.41, 5.74) is 0.318. The largest absolute Gasteiger partial charge is 0.493 e. The van der Waals surface area contributed by atoms with Crippen LogP contribution in [0.5, 0.6) is 11.5 Å². The SMILES string of the molecule is CCOc1ccc(-n2nnnc2C(F)(F)CF)c(OCC)c1CO. The number of alkyl halides is 3. The molecule has 0 unspecified atom stereocenters. The number of benzene rings is 1. The molecule has 1 heterocycles. The molecule has 7 nitrogen and oxygen atoms in total. The number of tetrazole rings is 1. The number of aliphatic hydroxyl groups excluding tert-OH is 1. The Balaban J connectivity index is 2.65. The maximum atomic E-state index is 13.7. The highest BCUT2D eigenvalue weighted by Gasteiger charge is 2.39. The van der Waals surface area contributed by atoms with Crippen molar-refractivity contribution in [2.45, 2.75) is 26.4 Å². The molecule has 0 saturated carbocycles. The molecule has 132 valence electrons. The Bertz CT molecular complexity index is 694. The summed E-state index contributed by atoms with van der Waals surface area (Å²) in [5.74, 6) is -4.38. The van der Waals surface area contributed by atoms with Crippen LogP contribution in [0.2, 0.25) is 0 Å². The Morgan fingerprint density at radius 2 is 1.92 bits per heavy atom. The lowest BCUT2D eigenvalue weighted by atomic mass is 10.1. The Morgan fingerprint density at radius 3 is 2.50 bits per heavy atom. The zero-order chi connectivity index (χ0) is 17.7. The molecule has 0 saturated heterocycles. The average molecular weight is 346 g/mol. The van der Waals surface area contributed by atoms with Gasteiger partial charge in [0.15, 0.2) is 12.4 Å². The zero-order valence-corrected chi connectivity index (χ0v) is 13.2. The number of nitrogens with zero attached hydrogens (tertiary/aromatic N) is 4. The van der Waals surface area contributed by atoms with Gasteiger partial charge in [0.05, 0.1) is 25.4 Å². The first-order chi connectivity index (χ1) is 11.5. The van der Waals surface area contributed by atoms with Crippen molar-refractivity contribution in [1.82, 2.24) is 20.2 Å². The van der Waals surface area contributed by atoms with Gasteiger partial charge in [0.2, 0.25) is 5.82 Å². The molecule has 24 heavy (non-hydrogen) atoms. The Morgan fingerprint density at radius 1 is 1.21 bits per heavy atom. The average Bonchev–Trinajstić information content (AvgIpc) is 3.06. The number of ether oxygens (including phenoxy) is 2. The van der Waals surface area contributed by atoms with Crippen LogP contribution in [0.1, 0.15) is 25.2 Å². The van der Waals surface area contributed by atoms with Crippen molar-refractivity contribution in [3.05, 3.63) is 23.5 Å². The van der Waals surface area contributed by atoms with E-state index in [2.05, 4.69) is 15.5 Å². The lowest BCUT2D eigenvalue weighted by Crippen LogP contribution is -2.22. The third kappa shape index (κ3) is 3.28. The molecule has 1 aromatic carbocycles. The summed E-state index contributed by atoms with van der Waals surface area (Å²) in [6.45, 7) is 1.60. The summed E-state index contributed by atoms with van der Waals surface area (Å²) >= 11 is 0. The maximum absolute atomic E-state index is 13.7. The van der Waals surface area contributed by atoms with E-state index in [1.165, 1.54) is 12.1 Å². The van der Waals surface area contributed by atoms with Crippen LogP contribution in [0.15, 0.2) is 12.1 Å². The number of hydrogen-bond acceptors (Lipinski definition) is 6. The van der Waals surface area contributed by atoms with Gasteiger partial charge in [0, 0.05) is 0 Å². The van der Waals surface area contributed by atoms with Crippen molar-refractivity contribution < 1.29 is 27.8 Å². The molecule has 0 aliphatic heterocycles.